The van der Waals surface area contributed by atoms with E-state index in [-0.39, 0.29) is 6.42 Å². The number of carbonyl (C=O) groups is 2. The highest BCUT2D eigenvalue weighted by Crippen LogP contribution is 2.23. The second-order valence-corrected chi connectivity index (χ2v) is 4.97. The van der Waals surface area contributed by atoms with E-state index in [0.29, 0.717) is 18.4 Å². The zero-order valence-electron chi connectivity index (χ0n) is 12.5. The number of rotatable bonds is 8. The Hall–Kier alpha value is -2.25. The number of carboxylic acids is 1. The van der Waals surface area contributed by atoms with Crippen LogP contribution in [0.5, 0.6) is 5.75 Å². The van der Waals surface area contributed by atoms with Gasteiger partial charge in [0.15, 0.2) is 0 Å². The number of halogens is 3. The molecule has 0 heterocycles. The van der Waals surface area contributed by atoms with Gasteiger partial charge in [-0.3, -0.25) is 4.79 Å². The maximum atomic E-state index is 12.1. The van der Waals surface area contributed by atoms with E-state index in [2.05, 4.69) is 10.1 Å². The van der Waals surface area contributed by atoms with Gasteiger partial charge >= 0.3 is 12.3 Å². The van der Waals surface area contributed by atoms with Gasteiger partial charge in [0.25, 0.3) is 0 Å². The van der Waals surface area contributed by atoms with Crippen molar-refractivity contribution in [3.63, 3.8) is 0 Å². The molecule has 0 fully saturated rings. The summed E-state index contributed by atoms with van der Waals surface area (Å²) in [4.78, 5) is 22.9. The fourth-order valence-corrected chi connectivity index (χ4v) is 1.95. The van der Waals surface area contributed by atoms with Gasteiger partial charge in [0.05, 0.1) is 6.42 Å². The van der Waals surface area contributed by atoms with Gasteiger partial charge in [-0.2, -0.15) is 0 Å². The Labute approximate surface area is 131 Å². The van der Waals surface area contributed by atoms with Gasteiger partial charge in [-0.15, -0.1) is 13.2 Å². The van der Waals surface area contributed by atoms with Gasteiger partial charge in [0, 0.05) is 0 Å². The second kappa shape index (κ2) is 8.40. The topological polar surface area (TPSA) is 75.6 Å². The maximum absolute atomic E-state index is 12.1. The smallest absolute Gasteiger partial charge is 0.480 e. The third kappa shape index (κ3) is 7.53. The molecule has 128 valence electrons. The van der Waals surface area contributed by atoms with Crippen molar-refractivity contribution >= 4 is 11.9 Å². The van der Waals surface area contributed by atoms with Crippen LogP contribution < -0.4 is 10.1 Å². The van der Waals surface area contributed by atoms with Crippen molar-refractivity contribution in [3.8, 4) is 5.75 Å². The number of amides is 1. The number of carboxylic acid groups (broad SMARTS) is 1. The van der Waals surface area contributed by atoms with Crippen LogP contribution in [-0.4, -0.2) is 29.4 Å². The number of aliphatic carboxylic acids is 1. The van der Waals surface area contributed by atoms with E-state index in [4.69, 9.17) is 5.11 Å². The summed E-state index contributed by atoms with van der Waals surface area (Å²) in [6.07, 6.45) is -3.31. The summed E-state index contributed by atoms with van der Waals surface area (Å²) in [5, 5.41) is 11.4. The molecule has 0 aromatic heterocycles. The normalized spacial score (nSPS) is 12.5. The van der Waals surface area contributed by atoms with E-state index >= 15 is 0 Å². The molecule has 1 aromatic carbocycles. The minimum absolute atomic E-state index is 0.231. The van der Waals surface area contributed by atoms with E-state index in [0.717, 1.165) is 18.6 Å². The summed E-state index contributed by atoms with van der Waals surface area (Å²) in [7, 11) is 0. The molecule has 8 heteroatoms. The monoisotopic (exact) mass is 333 g/mol. The minimum Gasteiger partial charge on any atom is -0.480 e. The summed E-state index contributed by atoms with van der Waals surface area (Å²) < 4.78 is 40.2. The van der Waals surface area contributed by atoms with Crippen LogP contribution in [0.3, 0.4) is 0 Å². The quantitative estimate of drug-likeness (QED) is 0.767. The lowest BCUT2D eigenvalue weighted by Gasteiger charge is -2.14. The molecule has 0 unspecified atom stereocenters. The van der Waals surface area contributed by atoms with E-state index < -0.39 is 30.0 Å². The zero-order chi connectivity index (χ0) is 17.5. The summed E-state index contributed by atoms with van der Waals surface area (Å²) in [6.45, 7) is 1.90. The van der Waals surface area contributed by atoms with Crippen molar-refractivity contribution in [2.45, 2.75) is 45.0 Å². The molecule has 5 nitrogen and oxygen atoms in total. The minimum atomic E-state index is -4.81. The number of carbonyl (C=O) groups excluding carboxylic acids is 1. The fourth-order valence-electron chi connectivity index (χ4n) is 1.95. The van der Waals surface area contributed by atoms with Crippen molar-refractivity contribution in [3.05, 3.63) is 29.8 Å². The molecular weight excluding hydrogens is 315 g/mol. The molecule has 1 aromatic rings. The molecular formula is C15H18F3NO4. The van der Waals surface area contributed by atoms with Gasteiger partial charge in [0.2, 0.25) is 5.91 Å². The van der Waals surface area contributed by atoms with E-state index in [1.165, 1.54) is 12.1 Å². The van der Waals surface area contributed by atoms with Crippen molar-refractivity contribution in [1.29, 1.82) is 0 Å². The Morgan fingerprint density at radius 3 is 2.61 bits per heavy atom. The van der Waals surface area contributed by atoms with Crippen molar-refractivity contribution < 1.29 is 32.6 Å². The van der Waals surface area contributed by atoms with Gasteiger partial charge in [-0.25, -0.2) is 4.79 Å². The number of ether oxygens (including phenoxy) is 1. The number of unbranched alkanes of at least 4 members (excludes halogenated alkanes) is 1. The van der Waals surface area contributed by atoms with Crippen molar-refractivity contribution in [2.75, 3.05) is 0 Å². The largest absolute Gasteiger partial charge is 0.573 e. The lowest BCUT2D eigenvalue weighted by molar-refractivity contribution is -0.274. The van der Waals surface area contributed by atoms with E-state index in [1.807, 2.05) is 6.92 Å². The molecule has 23 heavy (non-hydrogen) atoms. The Kier molecular flexibility index (Phi) is 6.87. The van der Waals surface area contributed by atoms with E-state index in [9.17, 15) is 22.8 Å². The first kappa shape index (κ1) is 18.8. The van der Waals surface area contributed by atoms with E-state index in [1.54, 1.807) is 0 Å². The number of nitrogens with one attached hydrogen (secondary N) is 1. The average molecular weight is 333 g/mol. The Morgan fingerprint density at radius 2 is 2.04 bits per heavy atom. The zero-order valence-corrected chi connectivity index (χ0v) is 12.5. The predicted octanol–water partition coefficient (Wildman–Crippen LogP) is 2.89. The number of hydrogen-bond donors (Lipinski definition) is 2. The number of hydrogen-bond acceptors (Lipinski definition) is 3. The highest BCUT2D eigenvalue weighted by Gasteiger charge is 2.31. The maximum Gasteiger partial charge on any atom is 0.573 e. The molecule has 1 amide bonds. The van der Waals surface area contributed by atoms with Crippen molar-refractivity contribution in [1.82, 2.24) is 5.32 Å². The Morgan fingerprint density at radius 1 is 1.35 bits per heavy atom. The molecule has 0 saturated heterocycles. The molecule has 1 atom stereocenters. The Balaban J connectivity index is 2.66. The average Bonchev–Trinajstić information content (AvgIpc) is 2.41. The third-order valence-corrected chi connectivity index (χ3v) is 2.98. The number of alkyl halides is 3. The Bertz CT molecular complexity index is 546. The fraction of sp³-hybridized carbons (Fsp3) is 0.467. The summed E-state index contributed by atoms with van der Waals surface area (Å²) in [5.41, 5.74) is 0.295. The van der Waals surface area contributed by atoms with Gasteiger partial charge < -0.3 is 15.2 Å². The van der Waals surface area contributed by atoms with Crippen LogP contribution in [0.25, 0.3) is 0 Å². The van der Waals surface area contributed by atoms with Crippen LogP contribution in [-0.2, 0) is 16.0 Å². The van der Waals surface area contributed by atoms with Crippen LogP contribution >= 0.6 is 0 Å². The third-order valence-electron chi connectivity index (χ3n) is 2.98. The molecule has 0 aliphatic heterocycles. The molecule has 0 spiro atoms. The van der Waals surface area contributed by atoms with Gasteiger partial charge in [0.1, 0.15) is 11.8 Å². The SMILES string of the molecule is CCCC[C@H](NC(=O)Cc1cccc(OC(F)(F)F)c1)C(=O)O. The summed E-state index contributed by atoms with van der Waals surface area (Å²) in [6, 6.07) is 4.00. The predicted molar refractivity (Wildman–Crippen MR) is 75.9 cm³/mol. The first-order valence-corrected chi connectivity index (χ1v) is 7.08. The summed E-state index contributed by atoms with van der Waals surface area (Å²) in [5.74, 6) is -2.14. The number of benzene rings is 1. The molecule has 2 N–H and O–H groups in total. The molecule has 0 bridgehead atoms. The second-order valence-electron chi connectivity index (χ2n) is 4.97. The molecule has 0 aliphatic carbocycles. The van der Waals surface area contributed by atoms with Crippen molar-refractivity contribution in [2.24, 2.45) is 0 Å². The van der Waals surface area contributed by atoms with Gasteiger partial charge in [-0.05, 0) is 24.1 Å². The lowest BCUT2D eigenvalue weighted by atomic mass is 10.1. The molecule has 0 aliphatic rings. The standard InChI is InChI=1S/C15H18F3NO4/c1-2-3-7-12(14(21)22)19-13(20)9-10-5-4-6-11(8-10)23-15(16,17)18/h4-6,8,12H,2-3,7,9H2,1H3,(H,19,20)(H,21,22)/t12-/m0/s1. The molecule has 0 saturated carbocycles. The first-order chi connectivity index (χ1) is 10.7. The molecule has 0 radical (unpaired) electrons. The van der Waals surface area contributed by atoms with Gasteiger partial charge in [-0.1, -0.05) is 31.9 Å². The summed E-state index contributed by atoms with van der Waals surface area (Å²) >= 11 is 0. The molecule has 1 rings (SSSR count). The first-order valence-electron chi connectivity index (χ1n) is 7.08. The highest BCUT2D eigenvalue weighted by molar-refractivity contribution is 5.84. The van der Waals surface area contributed by atoms with Crippen LogP contribution in [0.4, 0.5) is 13.2 Å². The van der Waals surface area contributed by atoms with Crippen LogP contribution in [0.1, 0.15) is 31.7 Å². The van der Waals surface area contributed by atoms with Crippen LogP contribution in [0, 0.1) is 0 Å². The van der Waals surface area contributed by atoms with Crippen LogP contribution in [0.15, 0.2) is 24.3 Å². The lowest BCUT2D eigenvalue weighted by Crippen LogP contribution is -2.41. The van der Waals surface area contributed by atoms with Crippen LogP contribution in [0.2, 0.25) is 0 Å². The highest BCUT2D eigenvalue weighted by atomic mass is 19.4.